The summed E-state index contributed by atoms with van der Waals surface area (Å²) in [5.74, 6) is 0.0599. The predicted molar refractivity (Wildman–Crippen MR) is 105 cm³/mol. The first-order valence-electron chi connectivity index (χ1n) is 9.03. The van der Waals surface area contributed by atoms with Gasteiger partial charge in [0, 0.05) is 23.5 Å². The lowest BCUT2D eigenvalue weighted by atomic mass is 9.96. The summed E-state index contributed by atoms with van der Waals surface area (Å²) in [6.45, 7) is 3.79. The number of carbonyl (C=O) groups is 1. The molecule has 0 saturated carbocycles. The van der Waals surface area contributed by atoms with Gasteiger partial charge < -0.3 is 5.32 Å². The number of hydrogen-bond donors (Lipinski definition) is 1. The van der Waals surface area contributed by atoms with Gasteiger partial charge in [0.05, 0.1) is 0 Å². The Bertz CT molecular complexity index is 727. The Labute approximate surface area is 159 Å². The Balaban J connectivity index is 1.43. The standard InChI is InChI=1S/C21H25FN2OS/c1-26-20-5-3-2-4-18(20)15-24-12-10-16(11-13-24)14-23-21(25)17-6-8-19(22)9-7-17/h2-9,16H,10-15H2,1H3,(H,23,25). The molecule has 26 heavy (non-hydrogen) atoms. The van der Waals surface area contributed by atoms with Crippen molar-refractivity contribution >= 4 is 17.7 Å². The van der Waals surface area contributed by atoms with E-state index in [4.69, 9.17) is 0 Å². The molecule has 3 rings (SSSR count). The van der Waals surface area contributed by atoms with Gasteiger partial charge in [-0.1, -0.05) is 18.2 Å². The average Bonchev–Trinajstić information content (AvgIpc) is 2.68. The van der Waals surface area contributed by atoms with Gasteiger partial charge in [-0.25, -0.2) is 4.39 Å². The predicted octanol–water partition coefficient (Wildman–Crippen LogP) is 4.19. The molecule has 2 aromatic carbocycles. The van der Waals surface area contributed by atoms with Crippen LogP contribution in [0.1, 0.15) is 28.8 Å². The third-order valence-electron chi connectivity index (χ3n) is 4.95. The van der Waals surface area contributed by atoms with Crippen LogP contribution >= 0.6 is 11.8 Å². The summed E-state index contributed by atoms with van der Waals surface area (Å²) in [4.78, 5) is 16.0. The summed E-state index contributed by atoms with van der Waals surface area (Å²) < 4.78 is 12.9. The normalized spacial score (nSPS) is 15.8. The smallest absolute Gasteiger partial charge is 0.251 e. The van der Waals surface area contributed by atoms with Gasteiger partial charge in [0.25, 0.3) is 5.91 Å². The number of piperidine rings is 1. The second-order valence-electron chi connectivity index (χ2n) is 6.75. The minimum absolute atomic E-state index is 0.124. The lowest BCUT2D eigenvalue weighted by molar-refractivity contribution is 0.0935. The summed E-state index contributed by atoms with van der Waals surface area (Å²) in [5.41, 5.74) is 1.90. The Hall–Kier alpha value is -1.85. The topological polar surface area (TPSA) is 32.3 Å². The van der Waals surface area contributed by atoms with Crippen LogP contribution in [0.25, 0.3) is 0 Å². The van der Waals surface area contributed by atoms with Gasteiger partial charge in [0.2, 0.25) is 0 Å². The van der Waals surface area contributed by atoms with Crippen molar-refractivity contribution in [2.75, 3.05) is 25.9 Å². The minimum Gasteiger partial charge on any atom is -0.352 e. The molecule has 3 nitrogen and oxygen atoms in total. The first-order chi connectivity index (χ1) is 12.7. The second kappa shape index (κ2) is 9.19. The van der Waals surface area contributed by atoms with E-state index in [-0.39, 0.29) is 11.7 Å². The monoisotopic (exact) mass is 372 g/mol. The van der Waals surface area contributed by atoms with E-state index in [2.05, 4.69) is 40.7 Å². The molecule has 1 saturated heterocycles. The molecule has 5 heteroatoms. The first-order valence-corrected chi connectivity index (χ1v) is 10.3. The van der Waals surface area contributed by atoms with Crippen LogP contribution in [0.2, 0.25) is 0 Å². The molecule has 1 N–H and O–H groups in total. The molecule has 0 unspecified atom stereocenters. The molecule has 0 spiro atoms. The summed E-state index contributed by atoms with van der Waals surface area (Å²) in [6.07, 6.45) is 4.30. The highest BCUT2D eigenvalue weighted by atomic mass is 32.2. The van der Waals surface area contributed by atoms with Crippen LogP contribution in [0.15, 0.2) is 53.4 Å². The number of nitrogens with one attached hydrogen (secondary N) is 1. The highest BCUT2D eigenvalue weighted by Crippen LogP contribution is 2.24. The van der Waals surface area contributed by atoms with Gasteiger partial charge in [-0.3, -0.25) is 9.69 Å². The summed E-state index contributed by atoms with van der Waals surface area (Å²) in [7, 11) is 0. The third kappa shape index (κ3) is 5.08. The summed E-state index contributed by atoms with van der Waals surface area (Å²) in [6, 6.07) is 14.3. The van der Waals surface area contributed by atoms with E-state index in [1.165, 1.54) is 34.7 Å². The van der Waals surface area contributed by atoms with Crippen molar-refractivity contribution in [3.05, 3.63) is 65.5 Å². The molecule has 1 amide bonds. The SMILES string of the molecule is CSc1ccccc1CN1CCC(CNC(=O)c2ccc(F)cc2)CC1. The summed E-state index contributed by atoms with van der Waals surface area (Å²) in [5, 5.41) is 2.99. The van der Waals surface area contributed by atoms with Crippen molar-refractivity contribution in [1.29, 1.82) is 0 Å². The van der Waals surface area contributed by atoms with E-state index in [0.717, 1.165) is 32.5 Å². The lowest BCUT2D eigenvalue weighted by Gasteiger charge is -2.32. The number of likely N-dealkylation sites (tertiary alicyclic amines) is 1. The van der Waals surface area contributed by atoms with Gasteiger partial charge in [0.1, 0.15) is 5.82 Å². The zero-order valence-electron chi connectivity index (χ0n) is 15.1. The minimum atomic E-state index is -0.322. The molecule has 0 aliphatic carbocycles. The number of amides is 1. The van der Waals surface area contributed by atoms with Crippen LogP contribution in [0.4, 0.5) is 4.39 Å². The van der Waals surface area contributed by atoms with Crippen LogP contribution in [-0.4, -0.2) is 36.7 Å². The lowest BCUT2D eigenvalue weighted by Crippen LogP contribution is -2.38. The van der Waals surface area contributed by atoms with Gasteiger partial charge >= 0.3 is 0 Å². The number of nitrogens with zero attached hydrogens (tertiary/aromatic N) is 1. The van der Waals surface area contributed by atoms with Crippen LogP contribution < -0.4 is 5.32 Å². The van der Waals surface area contributed by atoms with Crippen molar-refractivity contribution in [1.82, 2.24) is 10.2 Å². The van der Waals surface area contributed by atoms with Crippen LogP contribution in [0.5, 0.6) is 0 Å². The van der Waals surface area contributed by atoms with E-state index in [9.17, 15) is 9.18 Å². The molecule has 138 valence electrons. The molecule has 1 aliphatic heterocycles. The molecule has 1 aliphatic rings. The summed E-state index contributed by atoms with van der Waals surface area (Å²) >= 11 is 1.80. The largest absolute Gasteiger partial charge is 0.352 e. The molecule has 2 aromatic rings. The highest BCUT2D eigenvalue weighted by molar-refractivity contribution is 7.98. The van der Waals surface area contributed by atoms with Crippen molar-refractivity contribution in [3.8, 4) is 0 Å². The van der Waals surface area contributed by atoms with E-state index in [1.54, 1.807) is 11.8 Å². The van der Waals surface area contributed by atoms with Gasteiger partial charge in [-0.2, -0.15) is 0 Å². The van der Waals surface area contributed by atoms with E-state index < -0.39 is 0 Å². The first kappa shape index (κ1) is 18.9. The van der Waals surface area contributed by atoms with Gasteiger partial charge in [0.15, 0.2) is 0 Å². The van der Waals surface area contributed by atoms with E-state index in [0.29, 0.717) is 18.0 Å². The Kier molecular flexibility index (Phi) is 6.69. The molecule has 0 radical (unpaired) electrons. The van der Waals surface area contributed by atoms with Crippen LogP contribution in [0, 0.1) is 11.7 Å². The zero-order chi connectivity index (χ0) is 18.4. The molecule has 0 bridgehead atoms. The van der Waals surface area contributed by atoms with Crippen LogP contribution in [0.3, 0.4) is 0 Å². The van der Waals surface area contributed by atoms with Crippen molar-refractivity contribution in [2.45, 2.75) is 24.3 Å². The maximum Gasteiger partial charge on any atom is 0.251 e. The molecule has 1 heterocycles. The fourth-order valence-corrected chi connectivity index (χ4v) is 3.97. The average molecular weight is 373 g/mol. The quantitative estimate of drug-likeness (QED) is 0.772. The Morgan fingerprint density at radius 3 is 2.54 bits per heavy atom. The zero-order valence-corrected chi connectivity index (χ0v) is 15.9. The Morgan fingerprint density at radius 2 is 1.85 bits per heavy atom. The molecule has 1 fully saturated rings. The number of halogens is 1. The molecular formula is C21H25FN2OS. The fraction of sp³-hybridized carbons (Fsp3) is 0.381. The van der Waals surface area contributed by atoms with Crippen LogP contribution in [-0.2, 0) is 6.54 Å². The second-order valence-corrected chi connectivity index (χ2v) is 7.60. The van der Waals surface area contributed by atoms with E-state index in [1.807, 2.05) is 0 Å². The maximum absolute atomic E-state index is 12.9. The number of hydrogen-bond acceptors (Lipinski definition) is 3. The molecular weight excluding hydrogens is 347 g/mol. The van der Waals surface area contributed by atoms with Crippen molar-refractivity contribution < 1.29 is 9.18 Å². The highest BCUT2D eigenvalue weighted by Gasteiger charge is 2.20. The number of rotatable bonds is 6. The van der Waals surface area contributed by atoms with Gasteiger partial charge in [-0.15, -0.1) is 11.8 Å². The number of thioether (sulfide) groups is 1. The van der Waals surface area contributed by atoms with Crippen molar-refractivity contribution in [3.63, 3.8) is 0 Å². The van der Waals surface area contributed by atoms with Crippen molar-refractivity contribution in [2.24, 2.45) is 5.92 Å². The number of benzene rings is 2. The molecule has 0 aromatic heterocycles. The maximum atomic E-state index is 12.9. The fourth-order valence-electron chi connectivity index (χ4n) is 3.36. The van der Waals surface area contributed by atoms with Gasteiger partial charge in [-0.05, 0) is 74.0 Å². The third-order valence-corrected chi connectivity index (χ3v) is 5.79. The van der Waals surface area contributed by atoms with E-state index >= 15 is 0 Å². The molecule has 0 atom stereocenters. The Morgan fingerprint density at radius 1 is 1.15 bits per heavy atom. The number of carbonyl (C=O) groups excluding carboxylic acids is 1.